The molecular weight excluding hydrogens is 372 g/mol. The van der Waals surface area contributed by atoms with Gasteiger partial charge >= 0.3 is 0 Å². The summed E-state index contributed by atoms with van der Waals surface area (Å²) in [6.45, 7) is 5.29. The van der Waals surface area contributed by atoms with Crippen molar-refractivity contribution in [1.82, 2.24) is 5.32 Å². The second-order valence-corrected chi connectivity index (χ2v) is 6.62. The zero-order valence-corrected chi connectivity index (χ0v) is 14.0. The molecule has 19 heavy (non-hydrogen) atoms. The van der Waals surface area contributed by atoms with Crippen molar-refractivity contribution in [2.24, 2.45) is 0 Å². The van der Waals surface area contributed by atoms with Gasteiger partial charge in [0.15, 0.2) is 0 Å². The first-order valence-electron chi connectivity index (χ1n) is 6.44. The molecule has 1 unspecified atom stereocenters. The number of benzene rings is 1. The Morgan fingerprint density at radius 3 is 2.68 bits per heavy atom. The molecule has 1 atom stereocenters. The Morgan fingerprint density at radius 2 is 2.05 bits per heavy atom. The molecule has 1 N–H and O–H groups in total. The molecule has 0 saturated carbocycles. The molecule has 0 amide bonds. The van der Waals surface area contributed by atoms with Crippen LogP contribution in [-0.2, 0) is 0 Å². The summed E-state index contributed by atoms with van der Waals surface area (Å²) in [5.74, 6) is -0.177. The first kappa shape index (κ1) is 14.9. The van der Waals surface area contributed by atoms with Gasteiger partial charge in [-0.05, 0) is 65.9 Å². The van der Waals surface area contributed by atoms with Crippen molar-refractivity contribution in [3.05, 3.63) is 44.6 Å². The molecular formula is C15H17FINS. The molecule has 1 aromatic carbocycles. The maximum absolute atomic E-state index is 13.1. The fraction of sp³-hybridized carbons (Fsp3) is 0.333. The van der Waals surface area contributed by atoms with Crippen molar-refractivity contribution < 1.29 is 4.39 Å². The van der Waals surface area contributed by atoms with E-state index in [4.69, 9.17) is 0 Å². The summed E-state index contributed by atoms with van der Waals surface area (Å²) < 4.78 is 14.1. The summed E-state index contributed by atoms with van der Waals surface area (Å²) in [7, 11) is 0. The molecule has 0 spiro atoms. The Balaban J connectivity index is 2.29. The average Bonchev–Trinajstić information content (AvgIpc) is 2.85. The quantitative estimate of drug-likeness (QED) is 0.692. The highest BCUT2D eigenvalue weighted by Gasteiger charge is 2.13. The van der Waals surface area contributed by atoms with E-state index in [2.05, 4.69) is 53.9 Å². The highest BCUT2D eigenvalue weighted by atomic mass is 127. The lowest BCUT2D eigenvalue weighted by molar-refractivity contribution is 0.545. The largest absolute Gasteiger partial charge is 0.310 e. The van der Waals surface area contributed by atoms with Crippen molar-refractivity contribution in [2.75, 3.05) is 6.54 Å². The van der Waals surface area contributed by atoms with Gasteiger partial charge in [0.25, 0.3) is 0 Å². The fourth-order valence-electron chi connectivity index (χ4n) is 2.07. The molecule has 0 aliphatic heterocycles. The standard InChI is InChI=1S/C15H17FINS/c1-3-13(18-4-2)15-8-7-14(19-15)11-6-5-10(16)9-12(11)17/h5-9,13,18H,3-4H2,1-2H3. The molecule has 2 rings (SSSR count). The summed E-state index contributed by atoms with van der Waals surface area (Å²) in [6.07, 6.45) is 1.08. The van der Waals surface area contributed by atoms with E-state index in [1.807, 2.05) is 6.07 Å². The van der Waals surface area contributed by atoms with Gasteiger partial charge in [0.05, 0.1) is 0 Å². The third-order valence-electron chi connectivity index (χ3n) is 3.03. The number of hydrogen-bond acceptors (Lipinski definition) is 2. The van der Waals surface area contributed by atoms with E-state index in [1.54, 1.807) is 17.4 Å². The molecule has 0 aliphatic rings. The summed E-state index contributed by atoms with van der Waals surface area (Å²) >= 11 is 3.98. The summed E-state index contributed by atoms with van der Waals surface area (Å²) in [6, 6.07) is 9.70. The zero-order valence-electron chi connectivity index (χ0n) is 11.0. The van der Waals surface area contributed by atoms with E-state index in [0.717, 1.165) is 22.1 Å². The molecule has 0 fully saturated rings. The minimum Gasteiger partial charge on any atom is -0.310 e. The third kappa shape index (κ3) is 3.55. The number of nitrogens with one attached hydrogen (secondary N) is 1. The van der Waals surface area contributed by atoms with Crippen LogP contribution in [0.2, 0.25) is 0 Å². The van der Waals surface area contributed by atoms with Crippen LogP contribution in [-0.4, -0.2) is 6.54 Å². The smallest absolute Gasteiger partial charge is 0.124 e. The van der Waals surface area contributed by atoms with Gasteiger partial charge in [0.2, 0.25) is 0 Å². The van der Waals surface area contributed by atoms with Crippen LogP contribution in [0.4, 0.5) is 4.39 Å². The van der Waals surface area contributed by atoms with Crippen LogP contribution < -0.4 is 5.32 Å². The van der Waals surface area contributed by atoms with E-state index in [9.17, 15) is 4.39 Å². The second kappa shape index (κ2) is 6.81. The number of thiophene rings is 1. The van der Waals surface area contributed by atoms with Gasteiger partial charge in [-0.2, -0.15) is 0 Å². The molecule has 0 radical (unpaired) electrons. The topological polar surface area (TPSA) is 12.0 Å². The third-order valence-corrected chi connectivity index (χ3v) is 5.15. The van der Waals surface area contributed by atoms with Crippen LogP contribution in [0.3, 0.4) is 0 Å². The lowest BCUT2D eigenvalue weighted by Gasteiger charge is -2.13. The second-order valence-electron chi connectivity index (χ2n) is 4.34. The summed E-state index contributed by atoms with van der Waals surface area (Å²) in [4.78, 5) is 2.55. The van der Waals surface area contributed by atoms with Crippen LogP contribution in [0.1, 0.15) is 31.2 Å². The van der Waals surface area contributed by atoms with Gasteiger partial charge in [-0.3, -0.25) is 0 Å². The molecule has 1 nitrogen and oxygen atoms in total. The molecule has 0 aliphatic carbocycles. The Morgan fingerprint density at radius 1 is 1.26 bits per heavy atom. The highest BCUT2D eigenvalue weighted by molar-refractivity contribution is 14.1. The van der Waals surface area contributed by atoms with E-state index in [0.29, 0.717) is 6.04 Å². The molecule has 102 valence electrons. The number of hydrogen-bond donors (Lipinski definition) is 1. The van der Waals surface area contributed by atoms with Crippen LogP contribution >= 0.6 is 33.9 Å². The summed E-state index contributed by atoms with van der Waals surface area (Å²) in [5.41, 5.74) is 1.12. The molecule has 0 bridgehead atoms. The molecule has 1 aromatic heterocycles. The molecule has 2 aromatic rings. The lowest BCUT2D eigenvalue weighted by atomic mass is 10.1. The van der Waals surface area contributed by atoms with Crippen LogP contribution in [0.15, 0.2) is 30.3 Å². The van der Waals surface area contributed by atoms with Crippen LogP contribution in [0.5, 0.6) is 0 Å². The zero-order chi connectivity index (χ0) is 13.8. The first-order chi connectivity index (χ1) is 9.15. The van der Waals surface area contributed by atoms with Gasteiger partial charge in [0, 0.05) is 24.9 Å². The maximum atomic E-state index is 13.1. The Bertz CT molecular complexity index is 553. The highest BCUT2D eigenvalue weighted by Crippen LogP contribution is 2.35. The van der Waals surface area contributed by atoms with Crippen LogP contribution in [0, 0.1) is 9.39 Å². The van der Waals surface area contributed by atoms with Crippen molar-refractivity contribution in [3.63, 3.8) is 0 Å². The van der Waals surface area contributed by atoms with Gasteiger partial charge in [-0.25, -0.2) is 4.39 Å². The van der Waals surface area contributed by atoms with Gasteiger partial charge < -0.3 is 5.32 Å². The minimum atomic E-state index is -0.177. The summed E-state index contributed by atoms with van der Waals surface area (Å²) in [5, 5.41) is 3.49. The Labute approximate surface area is 131 Å². The number of rotatable bonds is 5. The van der Waals surface area contributed by atoms with E-state index in [1.165, 1.54) is 15.8 Å². The van der Waals surface area contributed by atoms with Crippen molar-refractivity contribution in [2.45, 2.75) is 26.3 Å². The minimum absolute atomic E-state index is 0.177. The molecule has 0 saturated heterocycles. The fourth-order valence-corrected chi connectivity index (χ4v) is 4.22. The number of halogens is 2. The first-order valence-corrected chi connectivity index (χ1v) is 8.33. The van der Waals surface area contributed by atoms with Crippen molar-refractivity contribution in [1.29, 1.82) is 0 Å². The van der Waals surface area contributed by atoms with Gasteiger partial charge in [-0.15, -0.1) is 11.3 Å². The predicted molar refractivity (Wildman–Crippen MR) is 89.1 cm³/mol. The van der Waals surface area contributed by atoms with Crippen molar-refractivity contribution >= 4 is 33.9 Å². The van der Waals surface area contributed by atoms with Gasteiger partial charge in [0.1, 0.15) is 5.82 Å². The van der Waals surface area contributed by atoms with Crippen LogP contribution in [0.25, 0.3) is 10.4 Å². The van der Waals surface area contributed by atoms with Gasteiger partial charge in [-0.1, -0.05) is 13.8 Å². The van der Waals surface area contributed by atoms with Crippen molar-refractivity contribution in [3.8, 4) is 10.4 Å². The average molecular weight is 389 g/mol. The van der Waals surface area contributed by atoms with E-state index in [-0.39, 0.29) is 5.82 Å². The normalized spacial score (nSPS) is 12.6. The Kier molecular flexibility index (Phi) is 5.36. The van der Waals surface area contributed by atoms with E-state index >= 15 is 0 Å². The SMILES string of the molecule is CCNC(CC)c1ccc(-c2ccc(F)cc2I)s1. The predicted octanol–water partition coefficient (Wildman–Crippen LogP) is 5.22. The lowest BCUT2D eigenvalue weighted by Crippen LogP contribution is -2.18. The maximum Gasteiger partial charge on any atom is 0.124 e. The monoisotopic (exact) mass is 389 g/mol. The Hall–Kier alpha value is -0.460. The van der Waals surface area contributed by atoms with E-state index < -0.39 is 0 Å². The molecule has 4 heteroatoms. The molecule has 1 heterocycles.